The smallest absolute Gasteiger partial charge is 0.189 e. The molecule has 0 aromatic rings. The number of aliphatic hydroxyl groups is 1. The summed E-state index contributed by atoms with van der Waals surface area (Å²) < 4.78 is 0. The predicted molar refractivity (Wildman–Crippen MR) is 100 cm³/mol. The molecule has 0 amide bonds. The predicted octanol–water partition coefficient (Wildman–Crippen LogP) is 4.50. The van der Waals surface area contributed by atoms with Gasteiger partial charge in [0.2, 0.25) is 0 Å². The average Bonchev–Trinajstić information content (AvgIpc) is 2.79. The van der Waals surface area contributed by atoms with Gasteiger partial charge in [-0.25, -0.2) is 0 Å². The highest BCUT2D eigenvalue weighted by atomic mass is 32.1. The van der Waals surface area contributed by atoms with Gasteiger partial charge in [-0.05, 0) is 74.2 Å². The summed E-state index contributed by atoms with van der Waals surface area (Å²) in [6, 6.07) is 0. The van der Waals surface area contributed by atoms with Crippen LogP contribution in [0.25, 0.3) is 0 Å². The first-order valence-electron chi connectivity index (χ1n) is 9.58. The number of allylic oxidation sites excluding steroid dienone is 3. The van der Waals surface area contributed by atoms with Crippen LogP contribution in [-0.4, -0.2) is 16.0 Å². The summed E-state index contributed by atoms with van der Waals surface area (Å²) in [5.74, 6) is 1.96. The maximum Gasteiger partial charge on any atom is 0.189 e. The lowest BCUT2D eigenvalue weighted by atomic mass is 9.47. The Bertz CT molecular complexity index is 708. The molecule has 136 valence electrons. The van der Waals surface area contributed by atoms with Crippen molar-refractivity contribution >= 4 is 23.5 Å². The molecule has 1 N–H and O–H groups in total. The molecular formula is C21H28O3S. The van der Waals surface area contributed by atoms with Crippen molar-refractivity contribution in [3.05, 3.63) is 23.5 Å². The van der Waals surface area contributed by atoms with Crippen LogP contribution in [0.4, 0.5) is 0 Å². The molecule has 3 saturated carbocycles. The first kappa shape index (κ1) is 17.4. The molecule has 0 aromatic carbocycles. The summed E-state index contributed by atoms with van der Waals surface area (Å²) in [6.45, 7) is 6.62. The largest absolute Gasteiger partial charge is 0.511 e. The number of thiol groups is 1. The molecule has 3 fully saturated rings. The van der Waals surface area contributed by atoms with Gasteiger partial charge in [-0.15, -0.1) is 12.6 Å². The van der Waals surface area contributed by atoms with Crippen LogP contribution in [0.5, 0.6) is 0 Å². The van der Waals surface area contributed by atoms with Gasteiger partial charge in [0, 0.05) is 17.4 Å². The topological polar surface area (TPSA) is 54.4 Å². The standard InChI is InChI=1S/C21H28O3S/c1-11-8-16-14-5-4-12-9-13(22)10-17(23)21(12,3)15(14)6-7-20(16,2)18(11)19(24)25/h9-11,14-16,18,23H,4-8H2,1-3H3,(H,24,25)/t11-,14-,15+,16+,18-,20+,21+/m1/s1. The van der Waals surface area contributed by atoms with Crippen molar-refractivity contribution < 1.29 is 14.7 Å². The molecule has 0 aromatic heterocycles. The highest BCUT2D eigenvalue weighted by Gasteiger charge is 2.62. The summed E-state index contributed by atoms with van der Waals surface area (Å²) in [6.07, 6.45) is 8.19. The summed E-state index contributed by atoms with van der Waals surface area (Å²) in [4.78, 5) is 24.1. The van der Waals surface area contributed by atoms with Crippen molar-refractivity contribution in [2.75, 3.05) is 0 Å². The highest BCUT2D eigenvalue weighted by Crippen LogP contribution is 2.67. The number of hydrogen-bond acceptors (Lipinski definition) is 3. The van der Waals surface area contributed by atoms with E-state index < -0.39 is 5.41 Å². The molecule has 4 rings (SSSR count). The second kappa shape index (κ2) is 5.48. The molecule has 0 spiro atoms. The van der Waals surface area contributed by atoms with E-state index in [0.29, 0.717) is 23.7 Å². The van der Waals surface area contributed by atoms with Crippen molar-refractivity contribution in [2.24, 2.45) is 40.4 Å². The van der Waals surface area contributed by atoms with E-state index in [-0.39, 0.29) is 28.0 Å². The normalized spacial score (nSPS) is 48.8. The first-order valence-corrected chi connectivity index (χ1v) is 10.0. The maximum absolute atomic E-state index is 12.2. The fraction of sp³-hybridized carbons (Fsp3) is 0.714. The molecule has 4 heteroatoms. The van der Waals surface area contributed by atoms with Crippen LogP contribution in [0.15, 0.2) is 23.5 Å². The van der Waals surface area contributed by atoms with E-state index in [9.17, 15) is 14.7 Å². The van der Waals surface area contributed by atoms with Crippen LogP contribution in [0.2, 0.25) is 0 Å². The van der Waals surface area contributed by atoms with Gasteiger partial charge in [0.05, 0.1) is 0 Å². The van der Waals surface area contributed by atoms with Gasteiger partial charge in [-0.1, -0.05) is 19.4 Å². The van der Waals surface area contributed by atoms with E-state index >= 15 is 0 Å². The molecule has 0 aliphatic heterocycles. The Labute approximate surface area is 155 Å². The minimum atomic E-state index is -0.398. The number of hydrogen-bond donors (Lipinski definition) is 2. The van der Waals surface area contributed by atoms with Crippen LogP contribution in [0.1, 0.15) is 52.9 Å². The lowest BCUT2D eigenvalue weighted by Crippen LogP contribution is -2.51. The van der Waals surface area contributed by atoms with Gasteiger partial charge >= 0.3 is 0 Å². The maximum atomic E-state index is 12.2. The van der Waals surface area contributed by atoms with Gasteiger partial charge < -0.3 is 5.11 Å². The van der Waals surface area contributed by atoms with E-state index in [0.717, 1.165) is 37.7 Å². The minimum absolute atomic E-state index is 0.0286. The molecule has 0 heterocycles. The van der Waals surface area contributed by atoms with Crippen LogP contribution < -0.4 is 0 Å². The second-order valence-electron chi connectivity index (χ2n) is 9.29. The number of carbonyl (C=O) groups excluding carboxylic acids is 2. The quantitative estimate of drug-likeness (QED) is 0.677. The van der Waals surface area contributed by atoms with E-state index in [1.807, 2.05) is 0 Å². The zero-order chi connectivity index (χ0) is 18.1. The number of ketones is 1. The van der Waals surface area contributed by atoms with Crippen LogP contribution in [-0.2, 0) is 9.59 Å². The zero-order valence-corrected chi connectivity index (χ0v) is 16.2. The Morgan fingerprint density at radius 3 is 2.64 bits per heavy atom. The highest BCUT2D eigenvalue weighted by molar-refractivity contribution is 7.96. The Hall–Kier alpha value is -1.03. The van der Waals surface area contributed by atoms with Crippen LogP contribution in [0, 0.1) is 40.4 Å². The van der Waals surface area contributed by atoms with E-state index in [4.69, 9.17) is 0 Å². The summed E-state index contributed by atoms with van der Waals surface area (Å²) in [7, 11) is 0. The SMILES string of the molecule is C[C@@H]1C[C@H]2[C@@H]3CCC4=CC(=O)C=C(O)[C@]4(C)[C@H]3CC[C@]2(C)[C@H]1C(=O)S. The fourth-order valence-corrected chi connectivity index (χ4v) is 7.74. The van der Waals surface area contributed by atoms with Crippen molar-refractivity contribution in [1.29, 1.82) is 0 Å². The molecular weight excluding hydrogens is 332 g/mol. The fourth-order valence-electron chi connectivity index (χ4n) is 7.19. The summed E-state index contributed by atoms with van der Waals surface area (Å²) in [5, 5.41) is 10.7. The van der Waals surface area contributed by atoms with Crippen LogP contribution >= 0.6 is 12.6 Å². The zero-order valence-electron chi connectivity index (χ0n) is 15.3. The molecule has 7 atom stereocenters. The van der Waals surface area contributed by atoms with Crippen molar-refractivity contribution in [1.82, 2.24) is 0 Å². The molecule has 4 aliphatic carbocycles. The van der Waals surface area contributed by atoms with Crippen LogP contribution in [0.3, 0.4) is 0 Å². The first-order chi connectivity index (χ1) is 11.7. The Balaban J connectivity index is 1.73. The lowest BCUT2D eigenvalue weighted by molar-refractivity contribution is -0.122. The lowest BCUT2D eigenvalue weighted by Gasteiger charge is -2.57. The van der Waals surface area contributed by atoms with Gasteiger partial charge in [-0.2, -0.15) is 0 Å². The van der Waals surface area contributed by atoms with Crippen molar-refractivity contribution in [3.63, 3.8) is 0 Å². The Morgan fingerprint density at radius 2 is 1.96 bits per heavy atom. The van der Waals surface area contributed by atoms with E-state index in [2.05, 4.69) is 33.4 Å². The molecule has 0 bridgehead atoms. The van der Waals surface area contributed by atoms with Gasteiger partial charge in [0.15, 0.2) is 10.9 Å². The van der Waals surface area contributed by atoms with Crippen molar-refractivity contribution in [2.45, 2.75) is 52.9 Å². The van der Waals surface area contributed by atoms with Gasteiger partial charge in [0.25, 0.3) is 0 Å². The van der Waals surface area contributed by atoms with Gasteiger partial charge in [0.1, 0.15) is 5.76 Å². The Morgan fingerprint density at radius 1 is 1.24 bits per heavy atom. The molecule has 4 aliphatic rings. The third-order valence-corrected chi connectivity index (χ3v) is 8.61. The average molecular weight is 361 g/mol. The van der Waals surface area contributed by atoms with Crippen molar-refractivity contribution in [3.8, 4) is 0 Å². The number of aliphatic hydroxyl groups excluding tert-OH is 1. The number of rotatable bonds is 1. The molecule has 0 unspecified atom stereocenters. The summed E-state index contributed by atoms with van der Waals surface area (Å²) in [5.41, 5.74) is 0.737. The van der Waals surface area contributed by atoms with E-state index in [1.165, 1.54) is 6.08 Å². The molecule has 0 radical (unpaired) electrons. The third-order valence-electron chi connectivity index (χ3n) is 8.33. The third kappa shape index (κ3) is 2.19. The molecule has 0 saturated heterocycles. The Kier molecular flexibility index (Phi) is 3.81. The number of carbonyl (C=O) groups is 2. The second-order valence-corrected chi connectivity index (χ2v) is 9.73. The van der Waals surface area contributed by atoms with Gasteiger partial charge in [-0.3, -0.25) is 9.59 Å². The molecule has 25 heavy (non-hydrogen) atoms. The minimum Gasteiger partial charge on any atom is -0.511 e. The number of fused-ring (bicyclic) bond motifs is 5. The monoisotopic (exact) mass is 360 g/mol. The van der Waals surface area contributed by atoms with E-state index in [1.54, 1.807) is 6.08 Å². The summed E-state index contributed by atoms with van der Waals surface area (Å²) >= 11 is 4.22. The molecule has 3 nitrogen and oxygen atoms in total.